The topological polar surface area (TPSA) is 110 Å². The Kier molecular flexibility index (Phi) is 10.2. The summed E-state index contributed by atoms with van der Waals surface area (Å²) in [5.74, 6) is 0. The quantitative estimate of drug-likeness (QED) is 0.353. The van der Waals surface area contributed by atoms with Gasteiger partial charge in [0, 0.05) is 19.3 Å². The van der Waals surface area contributed by atoms with Crippen LogP contribution in [0, 0.1) is 0 Å². The molecular formula is C6H18O6Si. The highest BCUT2D eigenvalue weighted by atomic mass is 28.4. The van der Waals surface area contributed by atoms with Crippen molar-refractivity contribution in [3.8, 4) is 0 Å². The standard InChI is InChI=1S/C3H10O4Si.C3H8O2/c1-3(2)7-8(4,5)6;4-2-1-3-5/h3-6H,1-2H3;4-5H,1-3H2. The Hall–Kier alpha value is -0.0231. The minimum absolute atomic E-state index is 0.0938. The van der Waals surface area contributed by atoms with Crippen LogP contribution in [0.5, 0.6) is 0 Å². The van der Waals surface area contributed by atoms with Crippen molar-refractivity contribution in [2.45, 2.75) is 26.4 Å². The molecule has 0 radical (unpaired) electrons. The Bertz CT molecular complexity index is 99.8. The third kappa shape index (κ3) is 24.5. The summed E-state index contributed by atoms with van der Waals surface area (Å²) in [6, 6.07) is 0. The fraction of sp³-hybridized carbons (Fsp3) is 1.00. The van der Waals surface area contributed by atoms with Crippen molar-refractivity contribution in [2.75, 3.05) is 13.2 Å². The lowest BCUT2D eigenvalue weighted by atomic mass is 10.5. The van der Waals surface area contributed by atoms with Crippen LogP contribution in [0.3, 0.4) is 0 Å². The van der Waals surface area contributed by atoms with E-state index in [1.54, 1.807) is 13.8 Å². The first-order valence-corrected chi connectivity index (χ1v) is 5.65. The van der Waals surface area contributed by atoms with E-state index in [0.717, 1.165) is 0 Å². The summed E-state index contributed by atoms with van der Waals surface area (Å²) in [6.45, 7) is 3.39. The molecule has 0 heterocycles. The molecule has 7 heteroatoms. The molecular weight excluding hydrogens is 196 g/mol. The molecule has 0 atom stereocenters. The van der Waals surface area contributed by atoms with Gasteiger partial charge in [-0.3, -0.25) is 0 Å². The van der Waals surface area contributed by atoms with Crippen molar-refractivity contribution in [3.63, 3.8) is 0 Å². The number of aliphatic hydroxyl groups is 2. The highest BCUT2D eigenvalue weighted by molar-refractivity contribution is 6.48. The Morgan fingerprint density at radius 1 is 1.08 bits per heavy atom. The summed E-state index contributed by atoms with van der Waals surface area (Å²) < 4.78 is 4.24. The molecule has 82 valence electrons. The average molecular weight is 214 g/mol. The molecule has 0 saturated carbocycles. The molecule has 0 aliphatic rings. The van der Waals surface area contributed by atoms with Gasteiger partial charge in [0.25, 0.3) is 0 Å². The molecule has 0 aromatic rings. The lowest BCUT2D eigenvalue weighted by molar-refractivity contribution is 0.0367. The summed E-state index contributed by atoms with van der Waals surface area (Å²) in [6.07, 6.45) is 0.154. The van der Waals surface area contributed by atoms with Gasteiger partial charge in [0.1, 0.15) is 0 Å². The van der Waals surface area contributed by atoms with Crippen molar-refractivity contribution in [2.24, 2.45) is 0 Å². The first-order valence-electron chi connectivity index (χ1n) is 3.90. The Labute approximate surface area is 78.5 Å². The molecule has 0 unspecified atom stereocenters. The van der Waals surface area contributed by atoms with E-state index >= 15 is 0 Å². The number of hydrogen-bond donors (Lipinski definition) is 5. The molecule has 0 fully saturated rings. The van der Waals surface area contributed by atoms with E-state index in [-0.39, 0.29) is 19.3 Å². The van der Waals surface area contributed by atoms with Gasteiger partial charge in [-0.2, -0.15) is 0 Å². The predicted octanol–water partition coefficient (Wildman–Crippen LogP) is -1.81. The van der Waals surface area contributed by atoms with Gasteiger partial charge in [0.05, 0.1) is 0 Å². The smallest absolute Gasteiger partial charge is 0.396 e. The van der Waals surface area contributed by atoms with Crippen LogP contribution in [0.25, 0.3) is 0 Å². The van der Waals surface area contributed by atoms with Gasteiger partial charge in [-0.05, 0) is 20.3 Å². The third-order valence-electron chi connectivity index (χ3n) is 0.710. The van der Waals surface area contributed by atoms with Gasteiger partial charge in [-0.1, -0.05) is 0 Å². The summed E-state index contributed by atoms with van der Waals surface area (Å²) in [4.78, 5) is 24.6. The van der Waals surface area contributed by atoms with E-state index < -0.39 is 9.05 Å². The highest BCUT2D eigenvalue weighted by Gasteiger charge is 2.31. The van der Waals surface area contributed by atoms with E-state index in [1.807, 2.05) is 0 Å². The van der Waals surface area contributed by atoms with Gasteiger partial charge in [0.2, 0.25) is 0 Å². The molecule has 0 saturated heterocycles. The molecule has 13 heavy (non-hydrogen) atoms. The minimum atomic E-state index is -4.22. The fourth-order valence-electron chi connectivity index (χ4n) is 0.387. The van der Waals surface area contributed by atoms with Crippen molar-refractivity contribution in [1.82, 2.24) is 0 Å². The average Bonchev–Trinajstić information content (AvgIpc) is 1.84. The van der Waals surface area contributed by atoms with Gasteiger partial charge in [0.15, 0.2) is 0 Å². The molecule has 0 spiro atoms. The van der Waals surface area contributed by atoms with E-state index in [9.17, 15) is 0 Å². The molecule has 0 aliphatic heterocycles. The summed E-state index contributed by atoms with van der Waals surface area (Å²) in [5.41, 5.74) is 0. The highest BCUT2D eigenvalue weighted by Crippen LogP contribution is 1.94. The molecule has 0 aliphatic carbocycles. The lowest BCUT2D eigenvalue weighted by Gasteiger charge is -2.11. The third-order valence-corrected chi connectivity index (χ3v) is 1.50. The van der Waals surface area contributed by atoms with E-state index in [2.05, 4.69) is 4.43 Å². The Morgan fingerprint density at radius 3 is 1.46 bits per heavy atom. The molecule has 0 bridgehead atoms. The minimum Gasteiger partial charge on any atom is -0.396 e. The van der Waals surface area contributed by atoms with E-state index in [1.165, 1.54) is 0 Å². The molecule has 0 rings (SSSR count). The first kappa shape index (κ1) is 15.4. The zero-order chi connectivity index (χ0) is 10.9. The SMILES string of the molecule is CC(C)O[Si](O)(O)O.OCCCO. The molecule has 0 aromatic carbocycles. The normalized spacial score (nSPS) is 11.1. The maximum Gasteiger partial charge on any atom is 0.671 e. The maximum atomic E-state index is 8.22. The van der Waals surface area contributed by atoms with Crippen molar-refractivity contribution < 1.29 is 29.0 Å². The van der Waals surface area contributed by atoms with Crippen LogP contribution < -0.4 is 0 Å². The van der Waals surface area contributed by atoms with Gasteiger partial charge in [-0.15, -0.1) is 0 Å². The molecule has 5 N–H and O–H groups in total. The first-order chi connectivity index (χ1) is 5.83. The van der Waals surface area contributed by atoms with Crippen LogP contribution in [0.1, 0.15) is 20.3 Å². The maximum absolute atomic E-state index is 8.22. The number of hydrogen-bond acceptors (Lipinski definition) is 6. The second kappa shape index (κ2) is 8.57. The van der Waals surface area contributed by atoms with E-state index in [0.29, 0.717) is 6.42 Å². The van der Waals surface area contributed by atoms with Gasteiger partial charge < -0.3 is 29.0 Å². The zero-order valence-electron chi connectivity index (χ0n) is 7.84. The second-order valence-electron chi connectivity index (χ2n) is 2.54. The van der Waals surface area contributed by atoms with Crippen molar-refractivity contribution in [3.05, 3.63) is 0 Å². The summed E-state index contributed by atoms with van der Waals surface area (Å²) >= 11 is 0. The number of rotatable bonds is 4. The van der Waals surface area contributed by atoms with Crippen LogP contribution in [0.15, 0.2) is 0 Å². The molecule has 6 nitrogen and oxygen atoms in total. The van der Waals surface area contributed by atoms with Crippen LogP contribution in [0.2, 0.25) is 0 Å². The Balaban J connectivity index is 0. The van der Waals surface area contributed by atoms with Gasteiger partial charge in [-0.25, -0.2) is 0 Å². The second-order valence-corrected chi connectivity index (χ2v) is 3.92. The van der Waals surface area contributed by atoms with Crippen LogP contribution in [-0.4, -0.2) is 53.0 Å². The zero-order valence-corrected chi connectivity index (χ0v) is 8.84. The van der Waals surface area contributed by atoms with Crippen LogP contribution in [-0.2, 0) is 4.43 Å². The van der Waals surface area contributed by atoms with Gasteiger partial charge >= 0.3 is 9.05 Å². The summed E-state index contributed by atoms with van der Waals surface area (Å²) in [5, 5.41) is 15.8. The number of aliphatic hydroxyl groups excluding tert-OH is 2. The van der Waals surface area contributed by atoms with Crippen LogP contribution >= 0.6 is 0 Å². The largest absolute Gasteiger partial charge is 0.671 e. The van der Waals surface area contributed by atoms with E-state index in [4.69, 9.17) is 24.6 Å². The van der Waals surface area contributed by atoms with Crippen LogP contribution in [0.4, 0.5) is 0 Å². The lowest BCUT2D eigenvalue weighted by Crippen LogP contribution is -2.41. The van der Waals surface area contributed by atoms with Crippen molar-refractivity contribution in [1.29, 1.82) is 0 Å². The monoisotopic (exact) mass is 214 g/mol. The fourth-order valence-corrected chi connectivity index (χ4v) is 1.02. The molecule has 0 amide bonds. The summed E-state index contributed by atoms with van der Waals surface area (Å²) in [7, 11) is -4.22. The molecule has 0 aromatic heterocycles. The van der Waals surface area contributed by atoms with Crippen molar-refractivity contribution >= 4 is 9.05 Å². The predicted molar refractivity (Wildman–Crippen MR) is 47.4 cm³/mol. The Morgan fingerprint density at radius 2 is 1.46 bits per heavy atom.